The van der Waals surface area contributed by atoms with Gasteiger partial charge in [-0.15, -0.1) is 0 Å². The van der Waals surface area contributed by atoms with Gasteiger partial charge < -0.3 is 4.42 Å². The molecule has 1 aromatic carbocycles. The Bertz CT molecular complexity index is 1360. The molecule has 5 rings (SSSR count). The van der Waals surface area contributed by atoms with Crippen LogP contribution in [-0.2, 0) is 4.79 Å². The van der Waals surface area contributed by atoms with Gasteiger partial charge in [-0.25, -0.2) is 0 Å². The van der Waals surface area contributed by atoms with Crippen molar-refractivity contribution in [3.05, 3.63) is 87.9 Å². The smallest absolute Gasteiger partial charge is 0.283 e. The second kappa shape index (κ2) is 7.71. The van der Waals surface area contributed by atoms with E-state index in [2.05, 4.69) is 15.1 Å². The van der Waals surface area contributed by atoms with Crippen molar-refractivity contribution in [3.8, 4) is 11.3 Å². The Morgan fingerprint density at radius 2 is 1.94 bits per heavy atom. The van der Waals surface area contributed by atoms with Crippen molar-refractivity contribution in [2.24, 2.45) is 10.1 Å². The molecule has 0 radical (unpaired) electrons. The maximum Gasteiger partial charge on any atom is 0.283 e. The van der Waals surface area contributed by atoms with Crippen molar-refractivity contribution in [3.63, 3.8) is 0 Å². The number of fused-ring (bicyclic) bond motifs is 1. The third kappa shape index (κ3) is 3.50. The van der Waals surface area contributed by atoms with Gasteiger partial charge >= 0.3 is 0 Å². The first-order valence-electron chi connectivity index (χ1n) is 9.25. The first-order chi connectivity index (χ1) is 15.5. The number of benzene rings is 1. The number of thioether (sulfide) groups is 1. The normalized spacial score (nSPS) is 16.8. The number of nitrogens with one attached hydrogen (secondary N) is 1. The van der Waals surface area contributed by atoms with Crippen molar-refractivity contribution < 1.29 is 14.1 Å². The number of aromatic nitrogens is 1. The summed E-state index contributed by atoms with van der Waals surface area (Å²) in [4.78, 5) is 31.0. The number of aliphatic imine (C=N–C) groups is 1. The van der Waals surface area contributed by atoms with Crippen LogP contribution >= 0.6 is 11.8 Å². The standard InChI is InChI=1S/C21H12N6O4S/c22-18-16(10-15-7-8-17(31-15)12-3-5-14(6-4-12)27(29)30)19(28)24-21-26(18)25-20(32-21)13-2-1-9-23-11-13/h1-11,22H. The Kier molecular flexibility index (Phi) is 4.71. The Morgan fingerprint density at radius 1 is 1.12 bits per heavy atom. The number of amides is 1. The van der Waals surface area contributed by atoms with Crippen LogP contribution in [0.25, 0.3) is 17.4 Å². The van der Waals surface area contributed by atoms with Gasteiger partial charge in [0.15, 0.2) is 5.84 Å². The summed E-state index contributed by atoms with van der Waals surface area (Å²) in [5, 5.41) is 25.9. The predicted molar refractivity (Wildman–Crippen MR) is 119 cm³/mol. The molecule has 2 aliphatic rings. The van der Waals surface area contributed by atoms with Crippen molar-refractivity contribution >= 4 is 45.5 Å². The summed E-state index contributed by atoms with van der Waals surface area (Å²) in [6, 6.07) is 12.9. The number of nitro groups is 1. The fourth-order valence-electron chi connectivity index (χ4n) is 3.07. The molecule has 0 unspecified atom stereocenters. The minimum Gasteiger partial charge on any atom is -0.457 e. The summed E-state index contributed by atoms with van der Waals surface area (Å²) in [5.74, 6) is 0.136. The van der Waals surface area contributed by atoms with E-state index in [9.17, 15) is 14.9 Å². The lowest BCUT2D eigenvalue weighted by Gasteiger charge is -2.19. The number of carbonyl (C=O) groups excluding carboxylic acids is 1. The van der Waals surface area contributed by atoms with Gasteiger partial charge in [0.05, 0.1) is 10.5 Å². The highest BCUT2D eigenvalue weighted by Gasteiger charge is 2.36. The number of amidine groups is 2. The number of furan rings is 1. The summed E-state index contributed by atoms with van der Waals surface area (Å²) in [7, 11) is 0. The van der Waals surface area contributed by atoms with Crippen LogP contribution in [0.3, 0.4) is 0 Å². The van der Waals surface area contributed by atoms with Crippen molar-refractivity contribution in [1.29, 1.82) is 5.41 Å². The SMILES string of the molecule is N=C1C(=Cc2ccc(-c3ccc([N+](=O)[O-])cc3)o2)C(=O)N=C2SC(c3cccnc3)=NN12. The van der Waals surface area contributed by atoms with Crippen molar-refractivity contribution in [2.75, 3.05) is 0 Å². The topological polar surface area (TPSA) is 138 Å². The minimum atomic E-state index is -0.565. The number of pyridine rings is 1. The molecule has 2 aromatic heterocycles. The molecule has 1 amide bonds. The summed E-state index contributed by atoms with van der Waals surface area (Å²) >= 11 is 1.19. The van der Waals surface area contributed by atoms with E-state index in [-0.39, 0.29) is 17.1 Å². The van der Waals surface area contributed by atoms with E-state index in [1.54, 1.807) is 42.7 Å². The Morgan fingerprint density at radius 3 is 2.66 bits per heavy atom. The van der Waals surface area contributed by atoms with Gasteiger partial charge in [0, 0.05) is 35.7 Å². The number of carbonyl (C=O) groups is 1. The number of non-ortho nitro benzene ring substituents is 1. The maximum absolute atomic E-state index is 12.6. The van der Waals surface area contributed by atoms with Gasteiger partial charge in [0.25, 0.3) is 11.6 Å². The molecule has 4 heterocycles. The fraction of sp³-hybridized carbons (Fsp3) is 0. The molecular formula is C21H12N6O4S. The van der Waals surface area contributed by atoms with E-state index >= 15 is 0 Å². The molecule has 156 valence electrons. The molecule has 0 saturated carbocycles. The van der Waals surface area contributed by atoms with E-state index in [0.717, 1.165) is 5.56 Å². The average molecular weight is 444 g/mol. The van der Waals surface area contributed by atoms with Crippen LogP contribution in [0.1, 0.15) is 11.3 Å². The molecule has 0 atom stereocenters. The fourth-order valence-corrected chi connectivity index (χ4v) is 3.95. The first-order valence-corrected chi connectivity index (χ1v) is 10.1. The molecule has 10 nitrogen and oxygen atoms in total. The summed E-state index contributed by atoms with van der Waals surface area (Å²) in [6.45, 7) is 0. The molecule has 32 heavy (non-hydrogen) atoms. The van der Waals surface area contributed by atoms with Gasteiger partial charge in [-0.2, -0.15) is 15.1 Å². The van der Waals surface area contributed by atoms with E-state index in [1.807, 2.05) is 6.07 Å². The van der Waals surface area contributed by atoms with Crippen molar-refractivity contribution in [2.45, 2.75) is 0 Å². The van der Waals surface area contributed by atoms with E-state index in [1.165, 1.54) is 35.0 Å². The predicted octanol–water partition coefficient (Wildman–Crippen LogP) is 3.92. The highest BCUT2D eigenvalue weighted by molar-refractivity contribution is 8.27. The Hall–Kier alpha value is -4.38. The minimum absolute atomic E-state index is 0.0211. The Labute approximate surface area is 184 Å². The summed E-state index contributed by atoms with van der Waals surface area (Å²) < 4.78 is 5.76. The third-order valence-electron chi connectivity index (χ3n) is 4.64. The molecule has 1 N–H and O–H groups in total. The lowest BCUT2D eigenvalue weighted by molar-refractivity contribution is -0.384. The highest BCUT2D eigenvalue weighted by Crippen LogP contribution is 2.31. The van der Waals surface area contributed by atoms with Crippen LogP contribution in [0, 0.1) is 15.5 Å². The van der Waals surface area contributed by atoms with Gasteiger partial charge in [-0.05, 0) is 54.2 Å². The molecule has 11 heteroatoms. The van der Waals surface area contributed by atoms with Gasteiger partial charge in [-0.1, -0.05) is 0 Å². The quantitative estimate of drug-likeness (QED) is 0.366. The third-order valence-corrected chi connectivity index (χ3v) is 5.60. The molecule has 0 spiro atoms. The number of hydrogen-bond donors (Lipinski definition) is 1. The summed E-state index contributed by atoms with van der Waals surface area (Å²) in [5.41, 5.74) is 1.42. The van der Waals surface area contributed by atoms with E-state index in [0.29, 0.717) is 27.3 Å². The second-order valence-corrected chi connectivity index (χ2v) is 7.63. The number of nitrogens with zero attached hydrogens (tertiary/aromatic N) is 5. The van der Waals surface area contributed by atoms with Crippen LogP contribution in [0.5, 0.6) is 0 Å². The number of hydrazone groups is 1. The van der Waals surface area contributed by atoms with Gasteiger partial charge in [-0.3, -0.25) is 25.3 Å². The van der Waals surface area contributed by atoms with Crippen LogP contribution in [0.2, 0.25) is 0 Å². The highest BCUT2D eigenvalue weighted by atomic mass is 32.2. The molecule has 0 saturated heterocycles. The monoisotopic (exact) mass is 444 g/mol. The second-order valence-electron chi connectivity index (χ2n) is 6.67. The van der Waals surface area contributed by atoms with Gasteiger partial charge in [0.2, 0.25) is 5.17 Å². The molecular weight excluding hydrogens is 432 g/mol. The molecule has 0 aliphatic carbocycles. The number of rotatable bonds is 4. The largest absolute Gasteiger partial charge is 0.457 e. The zero-order valence-corrected chi connectivity index (χ0v) is 16.9. The molecule has 0 bridgehead atoms. The van der Waals surface area contributed by atoms with Crippen LogP contribution in [0.15, 0.2) is 81.0 Å². The van der Waals surface area contributed by atoms with Gasteiger partial charge in [0.1, 0.15) is 16.6 Å². The summed E-state index contributed by atoms with van der Waals surface area (Å²) in [6.07, 6.45) is 4.73. The number of nitro benzene ring substituents is 1. The van der Waals surface area contributed by atoms with E-state index < -0.39 is 10.8 Å². The zero-order valence-electron chi connectivity index (χ0n) is 16.1. The van der Waals surface area contributed by atoms with Crippen LogP contribution < -0.4 is 0 Å². The first kappa shape index (κ1) is 19.6. The van der Waals surface area contributed by atoms with Crippen LogP contribution in [0.4, 0.5) is 5.69 Å². The van der Waals surface area contributed by atoms with Crippen molar-refractivity contribution in [1.82, 2.24) is 9.99 Å². The van der Waals surface area contributed by atoms with E-state index in [4.69, 9.17) is 9.83 Å². The lowest BCUT2D eigenvalue weighted by Crippen LogP contribution is -2.35. The van der Waals surface area contributed by atoms with Crippen LogP contribution in [-0.4, -0.2) is 36.9 Å². The Balaban J connectivity index is 1.42. The molecule has 2 aliphatic heterocycles. The lowest BCUT2D eigenvalue weighted by atomic mass is 10.1. The zero-order chi connectivity index (χ0) is 22.2. The maximum atomic E-state index is 12.6. The molecule has 3 aromatic rings. The molecule has 0 fully saturated rings. The number of hydrogen-bond acceptors (Lipinski definition) is 8. The average Bonchev–Trinajstić information content (AvgIpc) is 3.45.